The topological polar surface area (TPSA) is 48.3 Å². The molecule has 0 unspecified atom stereocenters. The van der Waals surface area contributed by atoms with Crippen molar-refractivity contribution in [3.05, 3.63) is 64.1 Å². The molecule has 0 bridgehead atoms. The van der Waals surface area contributed by atoms with Crippen LogP contribution >= 0.6 is 0 Å². The Morgan fingerprint density at radius 2 is 2.00 bits per heavy atom. The van der Waals surface area contributed by atoms with Crippen LogP contribution in [0.15, 0.2) is 47.4 Å². The van der Waals surface area contributed by atoms with Crippen molar-refractivity contribution in [2.75, 3.05) is 7.11 Å². The zero-order chi connectivity index (χ0) is 13.8. The highest BCUT2D eigenvalue weighted by Gasteiger charge is 2.12. The van der Waals surface area contributed by atoms with E-state index in [0.717, 1.165) is 5.56 Å². The summed E-state index contributed by atoms with van der Waals surface area (Å²) in [4.78, 5) is 23.9. The first-order valence-corrected chi connectivity index (χ1v) is 5.95. The maximum Gasteiger partial charge on any atom is 0.251 e. The number of para-hydroxylation sites is 1. The second-order valence-corrected chi connectivity index (χ2v) is 4.29. The molecular formula is C15H15NO3. The smallest absolute Gasteiger partial charge is 0.251 e. The monoisotopic (exact) mass is 257 g/mol. The predicted molar refractivity (Wildman–Crippen MR) is 72.8 cm³/mol. The molecule has 2 rings (SSSR count). The highest BCUT2D eigenvalue weighted by Crippen LogP contribution is 2.18. The molecule has 0 aliphatic carbocycles. The molecule has 0 spiro atoms. The average Bonchev–Trinajstić information content (AvgIpc) is 2.41. The van der Waals surface area contributed by atoms with Gasteiger partial charge in [0.1, 0.15) is 5.75 Å². The van der Waals surface area contributed by atoms with Gasteiger partial charge in [-0.1, -0.05) is 12.1 Å². The molecule has 1 aromatic heterocycles. The molecule has 0 aliphatic rings. The Kier molecular flexibility index (Phi) is 3.80. The highest BCUT2D eigenvalue weighted by atomic mass is 16.5. The molecule has 0 atom stereocenters. The van der Waals surface area contributed by atoms with Gasteiger partial charge in [-0.15, -0.1) is 0 Å². The number of carbonyl (C=O) groups excluding carboxylic acids is 1. The second kappa shape index (κ2) is 5.52. The van der Waals surface area contributed by atoms with Gasteiger partial charge in [0.05, 0.1) is 19.2 Å². The number of ether oxygens (including phenoxy) is 1. The van der Waals surface area contributed by atoms with Crippen molar-refractivity contribution in [1.29, 1.82) is 0 Å². The number of benzene rings is 1. The van der Waals surface area contributed by atoms with Crippen molar-refractivity contribution in [1.82, 2.24) is 4.57 Å². The van der Waals surface area contributed by atoms with Gasteiger partial charge in [-0.25, -0.2) is 0 Å². The fourth-order valence-corrected chi connectivity index (χ4v) is 1.85. The normalized spacial score (nSPS) is 10.2. The zero-order valence-electron chi connectivity index (χ0n) is 10.9. The van der Waals surface area contributed by atoms with Crippen LogP contribution in [0.4, 0.5) is 0 Å². The standard InChI is InChI=1S/C15H15NO3/c1-11-7-8-16(15(18)9-11)10-13(17)12-5-3-4-6-14(12)19-2/h3-9H,10H2,1-2H3. The van der Waals surface area contributed by atoms with Crippen LogP contribution in [-0.4, -0.2) is 17.5 Å². The maximum atomic E-state index is 12.2. The van der Waals surface area contributed by atoms with E-state index >= 15 is 0 Å². The number of pyridine rings is 1. The van der Waals surface area contributed by atoms with Crippen molar-refractivity contribution in [3.8, 4) is 5.75 Å². The molecule has 2 aromatic rings. The summed E-state index contributed by atoms with van der Waals surface area (Å²) in [6.45, 7) is 1.85. The second-order valence-electron chi connectivity index (χ2n) is 4.29. The van der Waals surface area contributed by atoms with Crippen LogP contribution in [0, 0.1) is 6.92 Å². The molecule has 1 aromatic carbocycles. The van der Waals surface area contributed by atoms with Gasteiger partial charge in [-0.3, -0.25) is 9.59 Å². The Labute approximate surface area is 111 Å². The summed E-state index contributed by atoms with van der Waals surface area (Å²) in [5, 5.41) is 0. The first kappa shape index (κ1) is 13.1. The van der Waals surface area contributed by atoms with Crippen LogP contribution in [0.25, 0.3) is 0 Å². The molecule has 0 fully saturated rings. The first-order valence-electron chi connectivity index (χ1n) is 5.95. The van der Waals surface area contributed by atoms with Gasteiger partial charge in [0.2, 0.25) is 0 Å². The van der Waals surface area contributed by atoms with Crippen LogP contribution < -0.4 is 10.3 Å². The van der Waals surface area contributed by atoms with Crippen LogP contribution in [0.5, 0.6) is 5.75 Å². The lowest BCUT2D eigenvalue weighted by molar-refractivity contribution is 0.0968. The van der Waals surface area contributed by atoms with E-state index in [1.54, 1.807) is 36.5 Å². The largest absolute Gasteiger partial charge is 0.496 e. The van der Waals surface area contributed by atoms with E-state index in [9.17, 15) is 9.59 Å². The molecular weight excluding hydrogens is 242 g/mol. The number of hydrogen-bond acceptors (Lipinski definition) is 3. The van der Waals surface area contributed by atoms with Crippen molar-refractivity contribution in [2.24, 2.45) is 0 Å². The molecule has 0 aliphatic heterocycles. The molecule has 19 heavy (non-hydrogen) atoms. The van der Waals surface area contributed by atoms with Crippen molar-refractivity contribution in [3.63, 3.8) is 0 Å². The molecule has 0 amide bonds. The fourth-order valence-electron chi connectivity index (χ4n) is 1.85. The van der Waals surface area contributed by atoms with Crippen LogP contribution in [0.3, 0.4) is 0 Å². The minimum absolute atomic E-state index is 0.0134. The molecule has 0 N–H and O–H groups in total. The molecule has 98 valence electrons. The number of ketones is 1. The molecule has 4 nitrogen and oxygen atoms in total. The number of rotatable bonds is 4. The van der Waals surface area contributed by atoms with Gasteiger partial charge in [-0.05, 0) is 30.7 Å². The SMILES string of the molecule is COc1ccccc1C(=O)Cn1ccc(C)cc1=O. The third-order valence-corrected chi connectivity index (χ3v) is 2.87. The summed E-state index contributed by atoms with van der Waals surface area (Å²) in [5.74, 6) is 0.371. The fraction of sp³-hybridized carbons (Fsp3) is 0.200. The minimum atomic E-state index is -0.178. The van der Waals surface area contributed by atoms with E-state index < -0.39 is 0 Å². The number of nitrogens with zero attached hydrogens (tertiary/aromatic N) is 1. The average molecular weight is 257 g/mol. The lowest BCUT2D eigenvalue weighted by atomic mass is 10.1. The van der Waals surface area contributed by atoms with E-state index in [4.69, 9.17) is 4.74 Å². The van der Waals surface area contributed by atoms with Crippen LogP contribution in [-0.2, 0) is 6.54 Å². The van der Waals surface area contributed by atoms with Crippen LogP contribution in [0.2, 0.25) is 0 Å². The lowest BCUT2D eigenvalue weighted by Crippen LogP contribution is -2.23. The van der Waals surface area contributed by atoms with E-state index in [1.165, 1.54) is 17.7 Å². The quantitative estimate of drug-likeness (QED) is 0.788. The van der Waals surface area contributed by atoms with Gasteiger partial charge in [0, 0.05) is 12.3 Å². The number of hydrogen-bond donors (Lipinski definition) is 0. The zero-order valence-corrected chi connectivity index (χ0v) is 10.9. The van der Waals surface area contributed by atoms with E-state index in [-0.39, 0.29) is 17.9 Å². The summed E-state index contributed by atoms with van der Waals surface area (Å²) < 4.78 is 6.54. The third-order valence-electron chi connectivity index (χ3n) is 2.87. The summed E-state index contributed by atoms with van der Waals surface area (Å²) >= 11 is 0. The number of aromatic nitrogens is 1. The Morgan fingerprint density at radius 3 is 2.68 bits per heavy atom. The van der Waals surface area contributed by atoms with E-state index in [1.807, 2.05) is 6.92 Å². The van der Waals surface area contributed by atoms with Gasteiger partial charge in [0.15, 0.2) is 5.78 Å². The number of Topliss-reactive ketones (excluding diaryl/α,β-unsaturated/α-hetero) is 1. The van der Waals surface area contributed by atoms with Crippen molar-refractivity contribution in [2.45, 2.75) is 13.5 Å². The summed E-state index contributed by atoms with van der Waals surface area (Å²) in [6.07, 6.45) is 1.63. The molecule has 1 heterocycles. The molecule has 0 saturated heterocycles. The van der Waals surface area contributed by atoms with Gasteiger partial charge in [0.25, 0.3) is 5.56 Å². The first-order chi connectivity index (χ1) is 9.11. The Hall–Kier alpha value is -2.36. The van der Waals surface area contributed by atoms with E-state index in [0.29, 0.717) is 11.3 Å². The Morgan fingerprint density at radius 1 is 1.26 bits per heavy atom. The molecule has 0 saturated carbocycles. The number of methoxy groups -OCH3 is 1. The summed E-state index contributed by atoms with van der Waals surface area (Å²) in [7, 11) is 1.52. The van der Waals surface area contributed by atoms with Crippen molar-refractivity contribution < 1.29 is 9.53 Å². The Balaban J connectivity index is 2.28. The van der Waals surface area contributed by atoms with Crippen molar-refractivity contribution >= 4 is 5.78 Å². The summed E-state index contributed by atoms with van der Waals surface area (Å²) in [6, 6.07) is 10.3. The summed E-state index contributed by atoms with van der Waals surface area (Å²) in [5.41, 5.74) is 1.19. The van der Waals surface area contributed by atoms with Gasteiger partial charge < -0.3 is 9.30 Å². The number of aryl methyl sites for hydroxylation is 1. The van der Waals surface area contributed by atoms with Gasteiger partial charge in [-0.2, -0.15) is 0 Å². The predicted octanol–water partition coefficient (Wildman–Crippen LogP) is 2.05. The number of carbonyl (C=O) groups is 1. The maximum absolute atomic E-state index is 12.2. The third kappa shape index (κ3) is 2.91. The van der Waals surface area contributed by atoms with Crippen LogP contribution in [0.1, 0.15) is 15.9 Å². The Bertz CT molecular complexity index is 658. The van der Waals surface area contributed by atoms with Gasteiger partial charge >= 0.3 is 0 Å². The lowest BCUT2D eigenvalue weighted by Gasteiger charge is -2.08. The minimum Gasteiger partial charge on any atom is -0.496 e. The highest BCUT2D eigenvalue weighted by molar-refractivity contribution is 5.98. The molecule has 0 radical (unpaired) electrons. The molecule has 4 heteroatoms. The van der Waals surface area contributed by atoms with E-state index in [2.05, 4.69) is 0 Å².